The first-order chi connectivity index (χ1) is 14.7. The lowest BCUT2D eigenvalue weighted by molar-refractivity contribution is 0.0784. The van der Waals surface area contributed by atoms with E-state index in [0.717, 1.165) is 35.4 Å². The minimum absolute atomic E-state index is 0.0710. The Labute approximate surface area is 176 Å². The van der Waals surface area contributed by atoms with Crippen LogP contribution in [0, 0.1) is 17.2 Å². The predicted octanol–water partition coefficient (Wildman–Crippen LogP) is 4.57. The molecule has 0 spiro atoms. The summed E-state index contributed by atoms with van der Waals surface area (Å²) >= 11 is 0. The minimum Gasteiger partial charge on any atom is -0.336 e. The summed E-state index contributed by atoms with van der Waals surface area (Å²) in [4.78, 5) is 23.9. The maximum atomic E-state index is 12.8. The maximum absolute atomic E-state index is 12.8. The second kappa shape index (κ2) is 7.87. The van der Waals surface area contributed by atoms with Crippen LogP contribution in [0.5, 0.6) is 0 Å². The number of hydrogen-bond acceptors (Lipinski definition) is 4. The van der Waals surface area contributed by atoms with Crippen molar-refractivity contribution in [3.05, 3.63) is 64.6 Å². The number of pyridine rings is 2. The lowest BCUT2D eigenvalue weighted by Crippen LogP contribution is -2.29. The van der Waals surface area contributed by atoms with Crippen LogP contribution < -0.4 is 0 Å². The highest BCUT2D eigenvalue weighted by Gasteiger charge is 2.27. The Morgan fingerprint density at radius 3 is 2.97 bits per heavy atom. The van der Waals surface area contributed by atoms with E-state index in [0.29, 0.717) is 18.8 Å². The number of fused-ring (bicyclic) bond motifs is 1. The van der Waals surface area contributed by atoms with Crippen molar-refractivity contribution in [2.45, 2.75) is 38.5 Å². The Bertz CT molecular complexity index is 1110. The van der Waals surface area contributed by atoms with Crippen molar-refractivity contribution < 1.29 is 4.79 Å². The fraction of sp³-hybridized carbons (Fsp3) is 0.360. The van der Waals surface area contributed by atoms with Crippen LogP contribution in [0.15, 0.2) is 47.7 Å². The number of carbonyl (C=O) groups excluding carboxylic acids is 1. The van der Waals surface area contributed by atoms with Gasteiger partial charge in [-0.05, 0) is 73.1 Å². The van der Waals surface area contributed by atoms with Gasteiger partial charge < -0.3 is 4.90 Å². The van der Waals surface area contributed by atoms with E-state index in [1.165, 1.54) is 36.8 Å². The molecule has 2 aromatic rings. The molecule has 0 N–H and O–H groups in total. The summed E-state index contributed by atoms with van der Waals surface area (Å²) in [6.45, 7) is 1.11. The molecule has 2 aromatic heterocycles. The Kier molecular flexibility index (Phi) is 4.92. The molecule has 1 amide bonds. The van der Waals surface area contributed by atoms with Crippen LogP contribution in [-0.4, -0.2) is 33.9 Å². The number of amides is 1. The highest BCUT2D eigenvalue weighted by molar-refractivity contribution is 5.93. The van der Waals surface area contributed by atoms with E-state index in [-0.39, 0.29) is 11.8 Å². The highest BCUT2D eigenvalue weighted by atomic mass is 16.2. The molecule has 150 valence electrons. The van der Waals surface area contributed by atoms with Crippen molar-refractivity contribution in [2.75, 3.05) is 13.1 Å². The van der Waals surface area contributed by atoms with Gasteiger partial charge >= 0.3 is 0 Å². The Hall–Kier alpha value is -3.26. The zero-order valence-corrected chi connectivity index (χ0v) is 17.0. The molecule has 5 nitrogen and oxygen atoms in total. The number of nitrogens with zero attached hydrogens (tertiary/aromatic N) is 4. The van der Waals surface area contributed by atoms with Crippen LogP contribution in [-0.2, 0) is 6.42 Å². The molecular formula is C25H24N4O. The van der Waals surface area contributed by atoms with E-state index in [4.69, 9.17) is 10.2 Å². The highest BCUT2D eigenvalue weighted by Crippen LogP contribution is 2.34. The fourth-order valence-electron chi connectivity index (χ4n) is 4.60. The van der Waals surface area contributed by atoms with Crippen LogP contribution in [0.25, 0.3) is 17.3 Å². The largest absolute Gasteiger partial charge is 0.336 e. The maximum Gasteiger partial charge on any atom is 0.272 e. The number of rotatable bonds is 3. The van der Waals surface area contributed by atoms with Gasteiger partial charge in [-0.2, -0.15) is 5.26 Å². The van der Waals surface area contributed by atoms with Gasteiger partial charge in [-0.3, -0.25) is 9.78 Å². The van der Waals surface area contributed by atoms with E-state index < -0.39 is 0 Å². The average molecular weight is 396 g/mol. The van der Waals surface area contributed by atoms with Gasteiger partial charge in [0.2, 0.25) is 0 Å². The molecule has 3 heterocycles. The normalized spacial score (nSPS) is 20.4. The van der Waals surface area contributed by atoms with Gasteiger partial charge in [0, 0.05) is 31.3 Å². The summed E-state index contributed by atoms with van der Waals surface area (Å²) in [7, 11) is 0. The topological polar surface area (TPSA) is 69.9 Å². The van der Waals surface area contributed by atoms with E-state index in [9.17, 15) is 4.79 Å². The molecule has 0 bridgehead atoms. The lowest BCUT2D eigenvalue weighted by Gasteiger charge is -2.15. The third-order valence-electron chi connectivity index (χ3n) is 6.32. The van der Waals surface area contributed by atoms with Crippen LogP contribution in [0.2, 0.25) is 0 Å². The number of carbonyl (C=O) groups is 1. The summed E-state index contributed by atoms with van der Waals surface area (Å²) in [6.07, 6.45) is 13.1. The molecule has 0 saturated carbocycles. The molecule has 1 saturated heterocycles. The molecule has 3 aliphatic rings. The van der Waals surface area contributed by atoms with Crippen LogP contribution in [0.3, 0.4) is 0 Å². The van der Waals surface area contributed by atoms with E-state index in [2.05, 4.69) is 29.3 Å². The number of likely N-dealkylation sites (tertiary alicyclic amines) is 1. The van der Waals surface area contributed by atoms with Gasteiger partial charge in [0.1, 0.15) is 5.69 Å². The summed E-state index contributed by atoms with van der Waals surface area (Å²) < 4.78 is 0. The van der Waals surface area contributed by atoms with Crippen LogP contribution >= 0.6 is 0 Å². The van der Waals surface area contributed by atoms with Crippen molar-refractivity contribution >= 4 is 12.0 Å². The molecule has 0 aromatic carbocycles. The Balaban J connectivity index is 1.39. The molecule has 5 rings (SSSR count). The molecule has 0 radical (unpaired) electrons. The van der Waals surface area contributed by atoms with Crippen molar-refractivity contribution in [2.24, 2.45) is 5.92 Å². The predicted molar refractivity (Wildman–Crippen MR) is 115 cm³/mol. The van der Waals surface area contributed by atoms with Crippen molar-refractivity contribution in [1.82, 2.24) is 14.9 Å². The zero-order valence-electron chi connectivity index (χ0n) is 17.0. The molecule has 1 unspecified atom stereocenters. The average Bonchev–Trinajstić information content (AvgIpc) is 3.46. The second-order valence-corrected chi connectivity index (χ2v) is 8.36. The Morgan fingerprint density at radius 2 is 2.17 bits per heavy atom. The lowest BCUT2D eigenvalue weighted by atomic mass is 9.93. The van der Waals surface area contributed by atoms with E-state index >= 15 is 0 Å². The minimum atomic E-state index is -0.102. The van der Waals surface area contributed by atoms with Gasteiger partial charge in [-0.15, -0.1) is 0 Å². The van der Waals surface area contributed by atoms with Crippen molar-refractivity contribution in [3.8, 4) is 17.3 Å². The van der Waals surface area contributed by atoms with E-state index in [1.807, 2.05) is 18.3 Å². The molecule has 5 heteroatoms. The smallest absolute Gasteiger partial charge is 0.272 e. The molecule has 1 atom stereocenters. The van der Waals surface area contributed by atoms with Gasteiger partial charge in [-0.25, -0.2) is 4.98 Å². The third-order valence-corrected chi connectivity index (χ3v) is 6.32. The zero-order chi connectivity index (χ0) is 20.5. The van der Waals surface area contributed by atoms with Gasteiger partial charge in [0.15, 0.2) is 0 Å². The Morgan fingerprint density at radius 1 is 1.23 bits per heavy atom. The number of nitriles is 1. The number of allylic oxidation sites excluding steroid dienone is 3. The van der Waals surface area contributed by atoms with Crippen LogP contribution in [0.4, 0.5) is 0 Å². The summed E-state index contributed by atoms with van der Waals surface area (Å²) in [5.41, 5.74) is 7.26. The monoisotopic (exact) mass is 396 g/mol. The first kappa shape index (κ1) is 18.7. The van der Waals surface area contributed by atoms with Gasteiger partial charge in [0.05, 0.1) is 23.4 Å². The van der Waals surface area contributed by atoms with Gasteiger partial charge in [0.25, 0.3) is 5.91 Å². The molecular weight excluding hydrogens is 372 g/mol. The molecule has 2 aliphatic carbocycles. The van der Waals surface area contributed by atoms with Crippen molar-refractivity contribution in [1.29, 1.82) is 5.26 Å². The van der Waals surface area contributed by atoms with Crippen molar-refractivity contribution in [3.63, 3.8) is 0 Å². The summed E-state index contributed by atoms with van der Waals surface area (Å²) in [6, 6.07) is 9.93. The second-order valence-electron chi connectivity index (χ2n) is 8.36. The first-order valence-corrected chi connectivity index (χ1v) is 10.8. The summed E-state index contributed by atoms with van der Waals surface area (Å²) in [5, 5.41) is 9.09. The number of hydrogen-bond donors (Lipinski definition) is 0. The SMILES string of the molecule is N#CC1CCN(C(=O)c2cccc(-c3cnc4c(c3)C=C(C3=CCCCC3)C4)n2)C1. The number of aromatic nitrogens is 2. The molecule has 1 fully saturated rings. The van der Waals surface area contributed by atoms with E-state index in [1.54, 1.807) is 11.0 Å². The van der Waals surface area contributed by atoms with Gasteiger partial charge in [-0.1, -0.05) is 12.1 Å². The third kappa shape index (κ3) is 3.54. The fourth-order valence-corrected chi connectivity index (χ4v) is 4.60. The standard InChI is InChI=1S/C25H24N4O/c26-14-17-9-10-29(16-17)25(30)23-8-4-7-22(28-23)21-12-20-11-19(13-24(20)27-15-21)18-5-2-1-3-6-18/h4-5,7-8,11-12,15,17H,1-3,6,9-10,13,16H2. The molecule has 1 aliphatic heterocycles. The van der Waals surface area contributed by atoms with Crippen LogP contribution in [0.1, 0.15) is 53.8 Å². The molecule has 30 heavy (non-hydrogen) atoms. The summed E-state index contributed by atoms with van der Waals surface area (Å²) in [5.74, 6) is -0.173. The first-order valence-electron chi connectivity index (χ1n) is 10.8. The quantitative estimate of drug-likeness (QED) is 0.762.